The molecule has 0 unspecified atom stereocenters. The Hall–Kier alpha value is -1.96. The molecule has 0 aliphatic rings. The standard InChI is InChI=1S/C8H11N5O2S/c1-13-6(2-3-11-13)12-8(15)7(14)10-4-5(9)16/h2-3H,4H2,1H3,(H2,9,16)(H,10,14)(H,12,15). The van der Waals surface area contributed by atoms with Crippen molar-refractivity contribution in [2.45, 2.75) is 0 Å². The summed E-state index contributed by atoms with van der Waals surface area (Å²) in [6.07, 6.45) is 1.50. The molecule has 0 atom stereocenters. The Kier molecular flexibility index (Phi) is 3.95. The van der Waals surface area contributed by atoms with Gasteiger partial charge in [-0.05, 0) is 0 Å². The van der Waals surface area contributed by atoms with Crippen molar-refractivity contribution >= 4 is 34.8 Å². The van der Waals surface area contributed by atoms with E-state index in [4.69, 9.17) is 5.73 Å². The Balaban J connectivity index is 2.50. The first-order chi connectivity index (χ1) is 7.50. The van der Waals surface area contributed by atoms with Crippen LogP contribution in [0.2, 0.25) is 0 Å². The predicted octanol–water partition coefficient (Wildman–Crippen LogP) is -1.24. The van der Waals surface area contributed by atoms with Crippen LogP contribution in [0.4, 0.5) is 5.82 Å². The largest absolute Gasteiger partial charge is 0.392 e. The lowest BCUT2D eigenvalue weighted by Crippen LogP contribution is -2.39. The minimum absolute atomic E-state index is 0.00697. The third kappa shape index (κ3) is 3.31. The number of anilines is 1. The van der Waals surface area contributed by atoms with Crippen LogP contribution in [0.25, 0.3) is 0 Å². The second-order valence-electron chi connectivity index (χ2n) is 2.94. The summed E-state index contributed by atoms with van der Waals surface area (Å²) in [5.74, 6) is -1.16. The average Bonchev–Trinajstić information content (AvgIpc) is 2.60. The molecule has 16 heavy (non-hydrogen) atoms. The quantitative estimate of drug-likeness (QED) is 0.454. The Labute approximate surface area is 97.0 Å². The van der Waals surface area contributed by atoms with E-state index in [0.717, 1.165) is 0 Å². The molecular weight excluding hydrogens is 230 g/mol. The van der Waals surface area contributed by atoms with E-state index in [1.165, 1.54) is 10.9 Å². The van der Waals surface area contributed by atoms with Crippen LogP contribution in [0.15, 0.2) is 12.3 Å². The number of carbonyl (C=O) groups excluding carboxylic acids is 2. The number of amides is 2. The highest BCUT2D eigenvalue weighted by Gasteiger charge is 2.14. The van der Waals surface area contributed by atoms with Gasteiger partial charge in [-0.15, -0.1) is 0 Å². The van der Waals surface area contributed by atoms with Crippen molar-refractivity contribution in [3.63, 3.8) is 0 Å². The first-order valence-electron chi connectivity index (χ1n) is 4.36. The zero-order valence-electron chi connectivity index (χ0n) is 8.56. The Morgan fingerprint density at radius 3 is 2.75 bits per heavy atom. The summed E-state index contributed by atoms with van der Waals surface area (Å²) in [5, 5.41) is 8.48. The highest BCUT2D eigenvalue weighted by molar-refractivity contribution is 7.80. The number of rotatable bonds is 3. The maximum Gasteiger partial charge on any atom is 0.314 e. The molecule has 86 valence electrons. The zero-order chi connectivity index (χ0) is 12.1. The summed E-state index contributed by atoms with van der Waals surface area (Å²) < 4.78 is 1.43. The summed E-state index contributed by atoms with van der Waals surface area (Å²) in [7, 11) is 1.64. The molecule has 7 nitrogen and oxygen atoms in total. The minimum Gasteiger partial charge on any atom is -0.392 e. The molecule has 0 radical (unpaired) electrons. The van der Waals surface area contributed by atoms with Gasteiger partial charge in [0.1, 0.15) is 5.82 Å². The normalized spacial score (nSPS) is 9.56. The monoisotopic (exact) mass is 241 g/mol. The van der Waals surface area contributed by atoms with Gasteiger partial charge in [0.2, 0.25) is 0 Å². The Bertz CT molecular complexity index is 428. The molecule has 0 spiro atoms. The van der Waals surface area contributed by atoms with Gasteiger partial charge >= 0.3 is 11.8 Å². The number of thiocarbonyl (C=S) groups is 1. The molecule has 1 aromatic rings. The van der Waals surface area contributed by atoms with Crippen molar-refractivity contribution in [1.29, 1.82) is 0 Å². The minimum atomic E-state index is -0.797. The molecule has 0 saturated heterocycles. The fourth-order valence-corrected chi connectivity index (χ4v) is 0.989. The Morgan fingerprint density at radius 1 is 1.56 bits per heavy atom. The first-order valence-corrected chi connectivity index (χ1v) is 4.77. The number of aromatic nitrogens is 2. The molecule has 2 amide bonds. The van der Waals surface area contributed by atoms with Crippen molar-refractivity contribution in [1.82, 2.24) is 15.1 Å². The molecule has 0 aliphatic carbocycles. The van der Waals surface area contributed by atoms with Crippen molar-refractivity contribution in [3.8, 4) is 0 Å². The summed E-state index contributed by atoms with van der Waals surface area (Å²) in [6, 6.07) is 1.57. The smallest absolute Gasteiger partial charge is 0.314 e. The first kappa shape index (κ1) is 12.1. The van der Waals surface area contributed by atoms with Crippen molar-refractivity contribution in [2.24, 2.45) is 12.8 Å². The molecule has 0 bridgehead atoms. The van der Waals surface area contributed by atoms with Crippen LogP contribution in [0, 0.1) is 0 Å². The molecule has 1 rings (SSSR count). The number of hydrogen-bond donors (Lipinski definition) is 3. The van der Waals surface area contributed by atoms with Gasteiger partial charge in [0.15, 0.2) is 0 Å². The molecule has 4 N–H and O–H groups in total. The average molecular weight is 241 g/mol. The van der Waals surface area contributed by atoms with Crippen LogP contribution in [-0.4, -0.2) is 33.1 Å². The van der Waals surface area contributed by atoms with E-state index in [9.17, 15) is 9.59 Å². The number of hydrogen-bond acceptors (Lipinski definition) is 4. The zero-order valence-corrected chi connectivity index (χ0v) is 9.37. The van der Waals surface area contributed by atoms with Gasteiger partial charge in [-0.25, -0.2) is 0 Å². The predicted molar refractivity (Wildman–Crippen MR) is 61.6 cm³/mol. The molecule has 0 saturated carbocycles. The van der Waals surface area contributed by atoms with Gasteiger partial charge in [-0.1, -0.05) is 12.2 Å². The third-order valence-electron chi connectivity index (χ3n) is 1.69. The number of carbonyl (C=O) groups is 2. The van der Waals surface area contributed by atoms with Gasteiger partial charge < -0.3 is 16.4 Å². The second kappa shape index (κ2) is 5.21. The van der Waals surface area contributed by atoms with E-state index >= 15 is 0 Å². The van der Waals surface area contributed by atoms with Gasteiger partial charge in [0.25, 0.3) is 0 Å². The van der Waals surface area contributed by atoms with Gasteiger partial charge in [-0.3, -0.25) is 14.3 Å². The molecule has 1 heterocycles. The van der Waals surface area contributed by atoms with Crippen LogP contribution in [0.3, 0.4) is 0 Å². The van der Waals surface area contributed by atoms with Crippen molar-refractivity contribution in [2.75, 3.05) is 11.9 Å². The maximum atomic E-state index is 11.3. The topological polar surface area (TPSA) is 102 Å². The molecule has 0 aromatic carbocycles. The number of nitrogens with zero attached hydrogens (tertiary/aromatic N) is 2. The number of aryl methyl sites for hydroxylation is 1. The lowest BCUT2D eigenvalue weighted by molar-refractivity contribution is -0.136. The summed E-state index contributed by atoms with van der Waals surface area (Å²) in [4.78, 5) is 22.7. The number of nitrogens with two attached hydrogens (primary N) is 1. The SMILES string of the molecule is Cn1nccc1NC(=O)C(=O)NCC(N)=S. The molecule has 0 aliphatic heterocycles. The second-order valence-corrected chi connectivity index (χ2v) is 3.47. The fourth-order valence-electron chi connectivity index (χ4n) is 0.917. The van der Waals surface area contributed by atoms with E-state index in [2.05, 4.69) is 28.0 Å². The van der Waals surface area contributed by atoms with E-state index in [1.807, 2.05) is 0 Å². The highest BCUT2D eigenvalue weighted by atomic mass is 32.1. The van der Waals surface area contributed by atoms with Gasteiger partial charge in [-0.2, -0.15) is 5.10 Å². The van der Waals surface area contributed by atoms with Crippen LogP contribution in [0.5, 0.6) is 0 Å². The van der Waals surface area contributed by atoms with Crippen molar-refractivity contribution < 1.29 is 9.59 Å². The summed E-state index contributed by atoms with van der Waals surface area (Å²) >= 11 is 4.55. The van der Waals surface area contributed by atoms with E-state index < -0.39 is 11.8 Å². The lowest BCUT2D eigenvalue weighted by atomic mass is 10.5. The van der Waals surface area contributed by atoms with Crippen LogP contribution in [-0.2, 0) is 16.6 Å². The van der Waals surface area contributed by atoms with Gasteiger partial charge in [0.05, 0.1) is 17.7 Å². The van der Waals surface area contributed by atoms with E-state index in [1.54, 1.807) is 13.1 Å². The molecular formula is C8H11N5O2S. The summed E-state index contributed by atoms with van der Waals surface area (Å²) in [5.41, 5.74) is 5.17. The van der Waals surface area contributed by atoms with Gasteiger partial charge in [0, 0.05) is 13.1 Å². The lowest BCUT2D eigenvalue weighted by Gasteiger charge is -2.05. The number of nitrogens with one attached hydrogen (secondary N) is 2. The van der Waals surface area contributed by atoms with Crippen LogP contribution in [0.1, 0.15) is 0 Å². The maximum absolute atomic E-state index is 11.3. The van der Waals surface area contributed by atoms with Crippen LogP contribution >= 0.6 is 12.2 Å². The fraction of sp³-hybridized carbons (Fsp3) is 0.250. The van der Waals surface area contributed by atoms with E-state index in [-0.39, 0.29) is 11.5 Å². The third-order valence-corrected chi connectivity index (χ3v) is 1.84. The molecule has 0 fully saturated rings. The van der Waals surface area contributed by atoms with Crippen molar-refractivity contribution in [3.05, 3.63) is 12.3 Å². The highest BCUT2D eigenvalue weighted by Crippen LogP contribution is 2.02. The van der Waals surface area contributed by atoms with E-state index in [0.29, 0.717) is 5.82 Å². The Morgan fingerprint density at radius 2 is 2.25 bits per heavy atom. The molecule has 1 aromatic heterocycles. The molecule has 8 heteroatoms. The van der Waals surface area contributed by atoms with Crippen LogP contribution < -0.4 is 16.4 Å². The summed E-state index contributed by atoms with van der Waals surface area (Å²) in [6.45, 7) is -0.00697.